The molecule has 0 bridgehead atoms. The minimum atomic E-state index is 0. The zero-order valence-electron chi connectivity index (χ0n) is 20.6. The number of aromatic nitrogens is 2. The topological polar surface area (TPSA) is 25.8 Å². The smallest absolute Gasteiger partial charge is 0.358 e. The minimum Gasteiger partial charge on any atom is -0.358 e. The predicted octanol–water partition coefficient (Wildman–Crippen LogP) is 8.65. The molecular formula is C31H32N2Pt. The average molecular weight is 628 g/mol. The zero-order chi connectivity index (χ0) is 21.8. The van der Waals surface area contributed by atoms with Crippen LogP contribution in [0.2, 0.25) is 0 Å². The van der Waals surface area contributed by atoms with Crippen molar-refractivity contribution in [3.05, 3.63) is 129 Å². The van der Waals surface area contributed by atoms with Crippen molar-refractivity contribution in [3.63, 3.8) is 0 Å². The molecule has 0 spiro atoms. The molecule has 0 atom stereocenters. The van der Waals surface area contributed by atoms with E-state index in [4.69, 9.17) is 0 Å². The van der Waals surface area contributed by atoms with Gasteiger partial charge in [0, 0.05) is 23.2 Å². The summed E-state index contributed by atoms with van der Waals surface area (Å²) < 4.78 is 0. The van der Waals surface area contributed by atoms with E-state index in [1.54, 1.807) is 6.08 Å². The number of hydrogen-bond acceptors (Lipinski definition) is 2. The van der Waals surface area contributed by atoms with Crippen LogP contribution >= 0.6 is 0 Å². The molecule has 0 fully saturated rings. The molecule has 0 N–H and O–H groups in total. The third kappa shape index (κ3) is 5.69. The molecule has 0 saturated heterocycles. The summed E-state index contributed by atoms with van der Waals surface area (Å²) >= 11 is 0. The van der Waals surface area contributed by atoms with Crippen LogP contribution in [-0.4, -0.2) is 9.97 Å². The standard InChI is InChI=1S/C15H14.C14H12N2.2CH3.Pt/c1-3-4-7-13-10-11-14-8-5-6-9-15(14)12(13)2;1-9-10(2)12-6-4-8-16-14(12)13-11(9)5-3-7-15-13;;;/h3-11H,1H2,2H3;3-8H,1-2H3;2*1H3;/q;;2*-1;+2/b7-4-;;;;. The van der Waals surface area contributed by atoms with Crippen molar-refractivity contribution in [1.29, 1.82) is 0 Å². The first-order valence-corrected chi connectivity index (χ1v) is 10.5. The molecule has 0 unspecified atom stereocenters. The van der Waals surface area contributed by atoms with Gasteiger partial charge in [-0.3, -0.25) is 9.97 Å². The van der Waals surface area contributed by atoms with Crippen LogP contribution in [0.3, 0.4) is 0 Å². The van der Waals surface area contributed by atoms with Gasteiger partial charge in [-0.25, -0.2) is 0 Å². The number of nitrogens with zero attached hydrogens (tertiary/aromatic N) is 2. The van der Waals surface area contributed by atoms with Gasteiger partial charge in [0.25, 0.3) is 0 Å². The van der Waals surface area contributed by atoms with E-state index in [1.165, 1.54) is 43.8 Å². The Morgan fingerprint density at radius 1 is 0.647 bits per heavy atom. The Labute approximate surface area is 218 Å². The second-order valence-corrected chi connectivity index (χ2v) is 7.64. The monoisotopic (exact) mass is 627 g/mol. The molecule has 2 heterocycles. The Bertz CT molecular complexity index is 1370. The summed E-state index contributed by atoms with van der Waals surface area (Å²) in [4.78, 5) is 8.90. The third-order valence-electron chi connectivity index (χ3n) is 5.86. The van der Waals surface area contributed by atoms with Gasteiger partial charge in [-0.05, 0) is 65.9 Å². The van der Waals surface area contributed by atoms with Crippen molar-refractivity contribution >= 4 is 38.7 Å². The molecular weight excluding hydrogens is 595 g/mol. The number of pyridine rings is 2. The second-order valence-electron chi connectivity index (χ2n) is 7.64. The fraction of sp³-hybridized carbons (Fsp3) is 0.0968. The summed E-state index contributed by atoms with van der Waals surface area (Å²) in [5.41, 5.74) is 7.18. The van der Waals surface area contributed by atoms with E-state index in [0.717, 1.165) is 11.0 Å². The third-order valence-corrected chi connectivity index (χ3v) is 5.86. The molecule has 0 aliphatic heterocycles. The van der Waals surface area contributed by atoms with Crippen molar-refractivity contribution in [2.75, 3.05) is 0 Å². The Kier molecular flexibility index (Phi) is 11.0. The van der Waals surface area contributed by atoms with Gasteiger partial charge in [0.1, 0.15) is 0 Å². The summed E-state index contributed by atoms with van der Waals surface area (Å²) in [6.07, 6.45) is 9.51. The maximum Gasteiger partial charge on any atom is 2.00 e. The van der Waals surface area contributed by atoms with Crippen LogP contribution in [0.15, 0.2) is 91.8 Å². The maximum absolute atomic E-state index is 4.45. The molecule has 0 aliphatic rings. The average Bonchev–Trinajstić information content (AvgIpc) is 2.83. The number of benzene rings is 3. The van der Waals surface area contributed by atoms with Gasteiger partial charge in [0.05, 0.1) is 11.0 Å². The fourth-order valence-electron chi connectivity index (χ4n) is 3.99. The fourth-order valence-corrected chi connectivity index (χ4v) is 3.99. The van der Waals surface area contributed by atoms with Gasteiger partial charge < -0.3 is 14.9 Å². The van der Waals surface area contributed by atoms with Gasteiger partial charge in [-0.15, -0.1) is 0 Å². The summed E-state index contributed by atoms with van der Waals surface area (Å²) in [7, 11) is 0. The maximum atomic E-state index is 4.45. The number of fused-ring (bicyclic) bond motifs is 4. The molecule has 3 aromatic carbocycles. The van der Waals surface area contributed by atoms with Gasteiger partial charge in [-0.2, -0.15) is 0 Å². The predicted molar refractivity (Wildman–Crippen MR) is 147 cm³/mol. The molecule has 5 rings (SSSR count). The largest absolute Gasteiger partial charge is 2.00 e. The van der Waals surface area contributed by atoms with Gasteiger partial charge >= 0.3 is 21.1 Å². The SMILES string of the molecule is C=C/C=C\c1ccc2ccccc2c1C.Cc1c(C)c2cccnc2c2ncccc12.[CH3-].[CH3-].[Pt+2]. The van der Waals surface area contributed by atoms with E-state index in [9.17, 15) is 0 Å². The molecule has 3 heteroatoms. The number of aryl methyl sites for hydroxylation is 3. The molecule has 34 heavy (non-hydrogen) atoms. The zero-order valence-corrected chi connectivity index (χ0v) is 22.9. The van der Waals surface area contributed by atoms with E-state index in [-0.39, 0.29) is 35.9 Å². The normalized spacial score (nSPS) is 10.1. The molecule has 0 radical (unpaired) electrons. The van der Waals surface area contributed by atoms with Crippen molar-refractivity contribution < 1.29 is 21.1 Å². The van der Waals surface area contributed by atoms with E-state index < -0.39 is 0 Å². The molecule has 2 aromatic heterocycles. The Balaban J connectivity index is 0.000000313. The molecule has 0 amide bonds. The van der Waals surface area contributed by atoms with E-state index in [1.807, 2.05) is 30.6 Å². The summed E-state index contributed by atoms with van der Waals surface area (Å²) in [6, 6.07) is 20.9. The number of hydrogen-bond donors (Lipinski definition) is 0. The Morgan fingerprint density at radius 2 is 1.18 bits per heavy atom. The van der Waals surface area contributed by atoms with E-state index in [0.29, 0.717) is 0 Å². The van der Waals surface area contributed by atoms with Crippen LogP contribution < -0.4 is 0 Å². The Morgan fingerprint density at radius 3 is 1.74 bits per heavy atom. The second kappa shape index (κ2) is 13.0. The van der Waals surface area contributed by atoms with Crippen LogP contribution in [0.5, 0.6) is 0 Å². The first kappa shape index (κ1) is 28.9. The van der Waals surface area contributed by atoms with E-state index >= 15 is 0 Å². The van der Waals surface area contributed by atoms with Crippen LogP contribution in [0.1, 0.15) is 22.3 Å². The summed E-state index contributed by atoms with van der Waals surface area (Å²) in [5.74, 6) is 0. The minimum absolute atomic E-state index is 0. The van der Waals surface area contributed by atoms with Crippen LogP contribution in [0, 0.1) is 35.6 Å². The number of allylic oxidation sites excluding steroid dienone is 2. The van der Waals surface area contributed by atoms with Crippen molar-refractivity contribution in [2.45, 2.75) is 20.8 Å². The van der Waals surface area contributed by atoms with Crippen molar-refractivity contribution in [1.82, 2.24) is 9.97 Å². The number of rotatable bonds is 2. The van der Waals surface area contributed by atoms with Crippen LogP contribution in [-0.2, 0) is 21.1 Å². The quantitative estimate of drug-likeness (QED) is 0.111. The van der Waals surface area contributed by atoms with Crippen LogP contribution in [0.25, 0.3) is 38.7 Å². The molecule has 5 aromatic rings. The van der Waals surface area contributed by atoms with E-state index in [2.05, 4.69) is 91.9 Å². The van der Waals surface area contributed by atoms with Crippen molar-refractivity contribution in [3.8, 4) is 0 Å². The van der Waals surface area contributed by atoms with Gasteiger partial charge in [-0.1, -0.05) is 73.3 Å². The molecule has 0 aliphatic carbocycles. The molecule has 176 valence electrons. The van der Waals surface area contributed by atoms with Crippen LogP contribution in [0.4, 0.5) is 0 Å². The van der Waals surface area contributed by atoms with Gasteiger partial charge in [0.15, 0.2) is 0 Å². The molecule has 0 saturated carbocycles. The first-order valence-electron chi connectivity index (χ1n) is 10.5. The molecule has 2 nitrogen and oxygen atoms in total. The summed E-state index contributed by atoms with van der Waals surface area (Å²) in [5, 5.41) is 5.02. The first-order chi connectivity index (χ1) is 15.1. The van der Waals surface area contributed by atoms with Crippen molar-refractivity contribution in [2.24, 2.45) is 0 Å². The van der Waals surface area contributed by atoms with Gasteiger partial charge in [0.2, 0.25) is 0 Å². The Hall–Kier alpha value is -3.09. The summed E-state index contributed by atoms with van der Waals surface area (Å²) in [6.45, 7) is 10.1.